The van der Waals surface area contributed by atoms with Crippen molar-refractivity contribution in [1.29, 1.82) is 10.5 Å². The number of nitrogens with zero attached hydrogens (tertiary/aromatic N) is 5. The molecule has 0 aliphatic rings. The number of aryl methyl sites for hydroxylation is 1. The molecule has 1 aromatic heterocycles. The molecule has 0 aliphatic carbocycles. The van der Waals surface area contributed by atoms with Crippen molar-refractivity contribution in [3.05, 3.63) is 104 Å². The number of aliphatic imine (C=N–C) groups is 1. The number of allylic oxidation sites excluding steroid dienone is 3. The summed E-state index contributed by atoms with van der Waals surface area (Å²) >= 11 is 0. The molecule has 210 valence electrons. The average Bonchev–Trinajstić information content (AvgIpc) is 2.97. The maximum atomic E-state index is 14.0. The van der Waals surface area contributed by atoms with Crippen LogP contribution in [-0.2, 0) is 16.3 Å². The van der Waals surface area contributed by atoms with E-state index in [-0.39, 0.29) is 5.82 Å². The van der Waals surface area contributed by atoms with Gasteiger partial charge in [0.2, 0.25) is 20.6 Å². The SMILES string of the molecule is C=N/C(=C\C=C(/C)c1ccccc1C#N)S(=O)(=O)c1c(O)nc(CCCC)n([C@@H](CC)c2cccc(C#N)c2)c1=O. The van der Waals surface area contributed by atoms with E-state index >= 15 is 0 Å². The summed E-state index contributed by atoms with van der Waals surface area (Å²) in [5, 5.41) is 29.1. The lowest BCUT2D eigenvalue weighted by molar-refractivity contribution is 0.407. The zero-order valence-corrected chi connectivity index (χ0v) is 24.0. The molecule has 10 heteroatoms. The third kappa shape index (κ3) is 6.51. The van der Waals surface area contributed by atoms with E-state index in [0.717, 1.165) is 6.42 Å². The van der Waals surface area contributed by atoms with Crippen LogP contribution in [-0.4, -0.2) is 29.8 Å². The van der Waals surface area contributed by atoms with Crippen molar-refractivity contribution in [2.24, 2.45) is 4.99 Å². The summed E-state index contributed by atoms with van der Waals surface area (Å²) in [5.74, 6) is -0.675. The topological polar surface area (TPSA) is 149 Å². The van der Waals surface area contributed by atoms with Crippen LogP contribution in [0.15, 0.2) is 80.4 Å². The van der Waals surface area contributed by atoms with Crippen molar-refractivity contribution in [2.75, 3.05) is 0 Å². The Kier molecular flexibility index (Phi) is 10.1. The van der Waals surface area contributed by atoms with Crippen LogP contribution >= 0.6 is 0 Å². The molecule has 0 radical (unpaired) electrons. The van der Waals surface area contributed by atoms with Gasteiger partial charge >= 0.3 is 0 Å². The van der Waals surface area contributed by atoms with Gasteiger partial charge in [-0.3, -0.25) is 14.4 Å². The number of sulfone groups is 1. The Hall–Kier alpha value is -4.80. The van der Waals surface area contributed by atoms with Crippen LogP contribution in [0.1, 0.15) is 74.2 Å². The van der Waals surface area contributed by atoms with Crippen LogP contribution in [0.2, 0.25) is 0 Å². The number of aromatic nitrogens is 2. The first-order chi connectivity index (χ1) is 19.6. The number of hydrogen-bond donors (Lipinski definition) is 1. The Morgan fingerprint density at radius 2 is 1.88 bits per heavy atom. The summed E-state index contributed by atoms with van der Waals surface area (Å²) in [6, 6.07) is 17.1. The summed E-state index contributed by atoms with van der Waals surface area (Å²) < 4.78 is 28.8. The van der Waals surface area contributed by atoms with Gasteiger partial charge in [0.05, 0.1) is 29.3 Å². The number of aromatic hydroxyl groups is 1. The van der Waals surface area contributed by atoms with Gasteiger partial charge in [-0.25, -0.2) is 8.42 Å². The number of benzene rings is 2. The summed E-state index contributed by atoms with van der Waals surface area (Å²) in [7, 11) is -4.68. The van der Waals surface area contributed by atoms with E-state index < -0.39 is 37.2 Å². The lowest BCUT2D eigenvalue weighted by Gasteiger charge is -2.23. The number of nitriles is 2. The third-order valence-electron chi connectivity index (χ3n) is 6.63. The summed E-state index contributed by atoms with van der Waals surface area (Å²) in [6.07, 6.45) is 4.79. The molecule has 0 saturated heterocycles. The fraction of sp³-hybridized carbons (Fsp3) is 0.258. The quantitative estimate of drug-likeness (QED) is 0.238. The Bertz CT molecular complexity index is 1770. The molecule has 0 unspecified atom stereocenters. The van der Waals surface area contributed by atoms with Crippen molar-refractivity contribution < 1.29 is 13.5 Å². The highest BCUT2D eigenvalue weighted by atomic mass is 32.2. The van der Waals surface area contributed by atoms with Gasteiger partial charge in [-0.05, 0) is 67.5 Å². The number of unbranched alkanes of at least 4 members (excludes halogenated alkanes) is 1. The molecular weight excluding hydrogens is 538 g/mol. The Labute approximate surface area is 240 Å². The Morgan fingerprint density at radius 1 is 1.15 bits per heavy atom. The van der Waals surface area contributed by atoms with E-state index in [1.807, 2.05) is 13.8 Å². The minimum absolute atomic E-state index is 0.239. The molecule has 0 fully saturated rings. The normalized spacial score (nSPS) is 12.8. The van der Waals surface area contributed by atoms with Crippen molar-refractivity contribution in [3.8, 4) is 18.0 Å². The predicted octanol–water partition coefficient (Wildman–Crippen LogP) is 5.45. The van der Waals surface area contributed by atoms with Gasteiger partial charge in [0.1, 0.15) is 5.82 Å². The largest absolute Gasteiger partial charge is 0.492 e. The fourth-order valence-corrected chi connectivity index (χ4v) is 5.78. The molecular formula is C31H31N5O4S. The van der Waals surface area contributed by atoms with Gasteiger partial charge < -0.3 is 5.11 Å². The highest BCUT2D eigenvalue weighted by Gasteiger charge is 2.32. The first-order valence-corrected chi connectivity index (χ1v) is 14.6. The fourth-order valence-electron chi connectivity index (χ4n) is 4.54. The molecule has 1 atom stereocenters. The standard InChI is InChI=1S/C31H31N5O4S/c1-5-7-15-27-35-30(37)29(31(38)36(27)26(6-2)23-13-10-11-22(18-23)19-32)41(39,40)28(34-4)17-16-21(3)25-14-9-8-12-24(25)20-33/h8-14,16-18,26,37H,4-7,15H2,1-3H3/b21-16+,28-17+/t26-/m0/s1. The predicted molar refractivity (Wildman–Crippen MR) is 158 cm³/mol. The molecule has 41 heavy (non-hydrogen) atoms. The van der Waals surface area contributed by atoms with E-state index in [0.29, 0.717) is 47.1 Å². The highest BCUT2D eigenvalue weighted by Crippen LogP contribution is 2.29. The molecule has 0 amide bonds. The minimum atomic E-state index is -4.68. The second-order valence-electron chi connectivity index (χ2n) is 9.29. The third-order valence-corrected chi connectivity index (χ3v) is 8.34. The number of rotatable bonds is 11. The first-order valence-electron chi connectivity index (χ1n) is 13.1. The zero-order chi connectivity index (χ0) is 30.2. The second-order valence-corrected chi connectivity index (χ2v) is 11.1. The van der Waals surface area contributed by atoms with Gasteiger partial charge in [-0.15, -0.1) is 0 Å². The van der Waals surface area contributed by atoms with Crippen LogP contribution in [0.5, 0.6) is 5.88 Å². The Balaban J connectivity index is 2.25. The second kappa shape index (κ2) is 13.5. The molecule has 3 rings (SSSR count). The van der Waals surface area contributed by atoms with Crippen molar-refractivity contribution >= 4 is 22.1 Å². The van der Waals surface area contributed by atoms with Gasteiger partial charge in [0, 0.05) is 6.42 Å². The van der Waals surface area contributed by atoms with Gasteiger partial charge in [-0.1, -0.05) is 56.7 Å². The molecule has 9 nitrogen and oxygen atoms in total. The van der Waals surface area contributed by atoms with E-state index in [1.54, 1.807) is 55.5 Å². The Morgan fingerprint density at radius 3 is 2.51 bits per heavy atom. The van der Waals surface area contributed by atoms with Gasteiger partial charge in [-0.2, -0.15) is 15.5 Å². The molecule has 0 bridgehead atoms. The molecule has 1 N–H and O–H groups in total. The monoisotopic (exact) mass is 569 g/mol. The maximum Gasteiger partial charge on any atom is 0.277 e. The van der Waals surface area contributed by atoms with Crippen LogP contribution in [0.4, 0.5) is 0 Å². The molecule has 2 aromatic carbocycles. The molecule has 1 heterocycles. The molecule has 0 aliphatic heterocycles. The van der Waals surface area contributed by atoms with Crippen LogP contribution in [0.25, 0.3) is 5.57 Å². The van der Waals surface area contributed by atoms with E-state index in [4.69, 9.17) is 0 Å². The summed E-state index contributed by atoms with van der Waals surface area (Å²) in [6.45, 7) is 8.88. The van der Waals surface area contributed by atoms with Crippen molar-refractivity contribution in [2.45, 2.75) is 57.4 Å². The smallest absolute Gasteiger partial charge is 0.277 e. The zero-order valence-electron chi connectivity index (χ0n) is 23.2. The summed E-state index contributed by atoms with van der Waals surface area (Å²) in [5.41, 5.74) is 1.67. The first kappa shape index (κ1) is 30.7. The number of hydrogen-bond acceptors (Lipinski definition) is 8. The molecule has 0 saturated carbocycles. The van der Waals surface area contributed by atoms with Crippen molar-refractivity contribution in [1.82, 2.24) is 9.55 Å². The van der Waals surface area contributed by atoms with Crippen LogP contribution in [0.3, 0.4) is 0 Å². The summed E-state index contributed by atoms with van der Waals surface area (Å²) in [4.78, 5) is 20.9. The lowest BCUT2D eigenvalue weighted by Crippen LogP contribution is -2.33. The van der Waals surface area contributed by atoms with Crippen LogP contribution < -0.4 is 5.56 Å². The van der Waals surface area contributed by atoms with E-state index in [2.05, 4.69) is 28.8 Å². The highest BCUT2D eigenvalue weighted by molar-refractivity contribution is 7.95. The van der Waals surface area contributed by atoms with E-state index in [1.165, 1.54) is 16.7 Å². The minimum Gasteiger partial charge on any atom is -0.492 e. The van der Waals surface area contributed by atoms with Crippen molar-refractivity contribution in [3.63, 3.8) is 0 Å². The van der Waals surface area contributed by atoms with Gasteiger partial charge in [0.25, 0.3) is 5.56 Å². The van der Waals surface area contributed by atoms with Gasteiger partial charge in [0.15, 0.2) is 5.03 Å². The average molecular weight is 570 g/mol. The lowest BCUT2D eigenvalue weighted by atomic mass is 10.0. The maximum absolute atomic E-state index is 14.0. The van der Waals surface area contributed by atoms with Crippen LogP contribution in [0, 0.1) is 22.7 Å². The van der Waals surface area contributed by atoms with E-state index in [9.17, 15) is 28.8 Å². The molecule has 3 aromatic rings. The molecule has 0 spiro atoms.